The Bertz CT molecular complexity index is 1040. The summed E-state index contributed by atoms with van der Waals surface area (Å²) < 4.78 is 34.3. The minimum Gasteiger partial charge on any atom is -0.447 e. The summed E-state index contributed by atoms with van der Waals surface area (Å²) in [6.07, 6.45) is 2.55. The number of aliphatic hydroxyl groups is 1. The van der Waals surface area contributed by atoms with Crippen LogP contribution in [0.5, 0.6) is 0 Å². The van der Waals surface area contributed by atoms with Crippen molar-refractivity contribution < 1.29 is 28.2 Å². The van der Waals surface area contributed by atoms with Gasteiger partial charge in [-0.25, -0.2) is 13.6 Å². The third-order valence-corrected chi connectivity index (χ3v) is 5.59. The number of aliphatic hydroxyl groups excluding tert-OH is 1. The summed E-state index contributed by atoms with van der Waals surface area (Å²) in [7, 11) is 0. The van der Waals surface area contributed by atoms with Gasteiger partial charge in [0, 0.05) is 12.1 Å². The number of carbonyl (C=O) groups is 2. The molecule has 6 nitrogen and oxygen atoms in total. The van der Waals surface area contributed by atoms with Crippen LogP contribution < -0.4 is 5.32 Å². The fourth-order valence-electron chi connectivity index (χ4n) is 4.05. The maximum Gasteiger partial charge on any atom is 0.407 e. The van der Waals surface area contributed by atoms with Gasteiger partial charge in [0.15, 0.2) is 0 Å². The van der Waals surface area contributed by atoms with Crippen LogP contribution in [-0.2, 0) is 15.1 Å². The first-order valence-electron chi connectivity index (χ1n) is 10.7. The fourth-order valence-corrected chi connectivity index (χ4v) is 4.05. The number of nitrogens with one attached hydrogen (secondary N) is 1. The van der Waals surface area contributed by atoms with Crippen LogP contribution in [0.2, 0.25) is 0 Å². The number of ether oxygens (including phenoxy) is 1. The first-order valence-corrected chi connectivity index (χ1v) is 10.7. The van der Waals surface area contributed by atoms with Gasteiger partial charge in [0.1, 0.15) is 29.8 Å². The summed E-state index contributed by atoms with van der Waals surface area (Å²) in [6, 6.07) is 10.9. The Kier molecular flexibility index (Phi) is 7.17. The van der Waals surface area contributed by atoms with Crippen molar-refractivity contribution in [3.05, 3.63) is 83.4 Å². The molecule has 2 aromatic rings. The van der Waals surface area contributed by atoms with Crippen LogP contribution in [0.25, 0.3) is 0 Å². The summed E-state index contributed by atoms with van der Waals surface area (Å²) >= 11 is 0. The number of rotatable bonds is 6. The van der Waals surface area contributed by atoms with Gasteiger partial charge in [-0.05, 0) is 29.2 Å². The summed E-state index contributed by atoms with van der Waals surface area (Å²) in [6.45, 7) is 4.89. The number of alkyl carbamates (subject to hydrolysis) is 1. The zero-order valence-electron chi connectivity index (χ0n) is 18.8. The minimum absolute atomic E-state index is 0.00804. The summed E-state index contributed by atoms with van der Waals surface area (Å²) in [5.41, 5.74) is -1.58. The van der Waals surface area contributed by atoms with E-state index in [0.29, 0.717) is 5.56 Å². The number of benzene rings is 2. The molecule has 0 saturated carbocycles. The molecule has 8 heteroatoms. The molecule has 2 atom stereocenters. The number of halogens is 2. The van der Waals surface area contributed by atoms with E-state index in [2.05, 4.69) is 5.32 Å². The van der Waals surface area contributed by atoms with Crippen LogP contribution in [-0.4, -0.2) is 47.8 Å². The van der Waals surface area contributed by atoms with Crippen LogP contribution in [0.15, 0.2) is 60.7 Å². The zero-order chi connectivity index (χ0) is 24.2. The van der Waals surface area contributed by atoms with E-state index in [1.807, 2.05) is 0 Å². The molecule has 0 unspecified atom stereocenters. The van der Waals surface area contributed by atoms with Gasteiger partial charge < -0.3 is 20.1 Å². The van der Waals surface area contributed by atoms with Gasteiger partial charge in [-0.15, -0.1) is 0 Å². The van der Waals surface area contributed by atoms with E-state index in [9.17, 15) is 14.0 Å². The number of hydrogen-bond donors (Lipinski definition) is 2. The molecule has 1 aliphatic heterocycles. The van der Waals surface area contributed by atoms with Crippen molar-refractivity contribution in [2.45, 2.75) is 32.4 Å². The Morgan fingerprint density at radius 1 is 1.18 bits per heavy atom. The maximum absolute atomic E-state index is 15.1. The van der Waals surface area contributed by atoms with E-state index >= 15 is 4.39 Å². The average Bonchev–Trinajstić information content (AvgIpc) is 3.23. The zero-order valence-corrected chi connectivity index (χ0v) is 18.8. The second-order valence-electron chi connectivity index (χ2n) is 8.91. The SMILES string of the molecule is CC(C)(C)[C@H](NC(=O)OCCO)C(=O)N1CC=C[C@]1(c1ccccc1)c1cc(F)ccc1F. The number of carbonyl (C=O) groups excluding carboxylic acids is 2. The highest BCUT2D eigenvalue weighted by Gasteiger charge is 2.49. The molecule has 0 aromatic heterocycles. The molecule has 176 valence electrons. The Morgan fingerprint density at radius 3 is 2.52 bits per heavy atom. The molecule has 2 amide bonds. The molecule has 2 N–H and O–H groups in total. The predicted octanol–water partition coefficient (Wildman–Crippen LogP) is 3.74. The molecule has 2 aromatic carbocycles. The number of hydrogen-bond acceptors (Lipinski definition) is 4. The second kappa shape index (κ2) is 9.70. The largest absolute Gasteiger partial charge is 0.447 e. The van der Waals surface area contributed by atoms with Crippen molar-refractivity contribution >= 4 is 12.0 Å². The van der Waals surface area contributed by atoms with Crippen LogP contribution >= 0.6 is 0 Å². The summed E-state index contributed by atoms with van der Waals surface area (Å²) in [5.74, 6) is -1.78. The maximum atomic E-state index is 15.1. The second-order valence-corrected chi connectivity index (χ2v) is 8.91. The van der Waals surface area contributed by atoms with Crippen molar-refractivity contribution in [2.24, 2.45) is 5.41 Å². The minimum atomic E-state index is -1.41. The van der Waals surface area contributed by atoms with Gasteiger partial charge >= 0.3 is 6.09 Å². The third-order valence-electron chi connectivity index (χ3n) is 5.59. The lowest BCUT2D eigenvalue weighted by molar-refractivity contribution is -0.138. The average molecular weight is 459 g/mol. The van der Waals surface area contributed by atoms with Crippen LogP contribution in [0.1, 0.15) is 31.9 Å². The Morgan fingerprint density at radius 2 is 1.88 bits per heavy atom. The predicted molar refractivity (Wildman–Crippen MR) is 119 cm³/mol. The first-order chi connectivity index (χ1) is 15.6. The van der Waals surface area contributed by atoms with Gasteiger partial charge in [-0.2, -0.15) is 0 Å². The highest BCUT2D eigenvalue weighted by atomic mass is 19.1. The van der Waals surface area contributed by atoms with Crippen LogP contribution in [0.4, 0.5) is 13.6 Å². The fraction of sp³-hybridized carbons (Fsp3) is 0.360. The lowest BCUT2D eigenvalue weighted by Gasteiger charge is -2.43. The number of nitrogens with zero attached hydrogens (tertiary/aromatic N) is 1. The van der Waals surface area contributed by atoms with Crippen molar-refractivity contribution in [3.63, 3.8) is 0 Å². The highest BCUT2D eigenvalue weighted by Crippen LogP contribution is 2.43. The Labute approximate surface area is 191 Å². The molecule has 0 spiro atoms. The van der Waals surface area contributed by atoms with Gasteiger partial charge in [-0.1, -0.05) is 63.3 Å². The number of amides is 2. The normalized spacial score (nSPS) is 18.8. The van der Waals surface area contributed by atoms with Crippen molar-refractivity contribution in [3.8, 4) is 0 Å². The molecule has 1 heterocycles. The van der Waals surface area contributed by atoms with E-state index < -0.39 is 40.6 Å². The Balaban J connectivity index is 2.12. The quantitative estimate of drug-likeness (QED) is 0.647. The van der Waals surface area contributed by atoms with Crippen molar-refractivity contribution in [1.29, 1.82) is 0 Å². The molecule has 0 fully saturated rings. The van der Waals surface area contributed by atoms with E-state index in [-0.39, 0.29) is 25.3 Å². The van der Waals surface area contributed by atoms with Gasteiger partial charge in [0.05, 0.1) is 6.61 Å². The Hall–Kier alpha value is -3.26. The highest BCUT2D eigenvalue weighted by molar-refractivity contribution is 5.88. The lowest BCUT2D eigenvalue weighted by atomic mass is 9.80. The molecule has 0 radical (unpaired) electrons. The smallest absolute Gasteiger partial charge is 0.407 e. The van der Waals surface area contributed by atoms with E-state index in [1.165, 1.54) is 4.90 Å². The topological polar surface area (TPSA) is 78.9 Å². The van der Waals surface area contributed by atoms with E-state index in [0.717, 1.165) is 18.2 Å². The van der Waals surface area contributed by atoms with Gasteiger partial charge in [-0.3, -0.25) is 4.79 Å². The van der Waals surface area contributed by atoms with Gasteiger partial charge in [0.2, 0.25) is 5.91 Å². The van der Waals surface area contributed by atoms with E-state index in [1.54, 1.807) is 63.3 Å². The molecule has 0 aliphatic carbocycles. The molecule has 0 saturated heterocycles. The first kappa shape index (κ1) is 24.4. The lowest BCUT2D eigenvalue weighted by Crippen LogP contribution is -2.58. The third kappa shape index (κ3) is 4.90. The van der Waals surface area contributed by atoms with Crippen molar-refractivity contribution in [1.82, 2.24) is 10.2 Å². The molecular weight excluding hydrogens is 430 g/mol. The molecule has 3 rings (SSSR count). The molecule has 1 aliphatic rings. The van der Waals surface area contributed by atoms with Crippen molar-refractivity contribution in [2.75, 3.05) is 19.8 Å². The van der Waals surface area contributed by atoms with Crippen LogP contribution in [0.3, 0.4) is 0 Å². The van der Waals surface area contributed by atoms with E-state index in [4.69, 9.17) is 9.84 Å². The molecule has 33 heavy (non-hydrogen) atoms. The van der Waals surface area contributed by atoms with Crippen LogP contribution in [0, 0.1) is 17.0 Å². The molecular formula is C25H28F2N2O4. The summed E-state index contributed by atoms with van der Waals surface area (Å²) in [5, 5.41) is 11.5. The molecule has 0 bridgehead atoms. The monoisotopic (exact) mass is 458 g/mol. The summed E-state index contributed by atoms with van der Waals surface area (Å²) in [4.78, 5) is 27.6. The van der Waals surface area contributed by atoms with Gasteiger partial charge in [0.25, 0.3) is 0 Å². The standard InChI is InChI=1S/C25H28F2N2O4/c1-24(2,3)21(28-23(32)33-15-14-30)22(31)29-13-7-12-25(29,17-8-5-4-6-9-17)19-16-18(26)10-11-20(19)27/h4-12,16,21,30H,13-15H2,1-3H3,(H,28,32)/t21-,25+/m1/s1.